The van der Waals surface area contributed by atoms with Crippen molar-refractivity contribution in [2.24, 2.45) is 0 Å². The number of aliphatic carboxylic acids is 1. The molecule has 7 nitrogen and oxygen atoms in total. The molecular weight excluding hydrogens is 338 g/mol. The molecule has 1 unspecified atom stereocenters. The standard InChI is InChI=1S/C14H15N3O4S2/c18-11-6-9(15-14-17(11)4-5-23-14)7-22-8-12(19)16-3-1-2-10(16)13(20)21/h4-6,10H,1-3,7-8H2,(H,20,21). The first-order chi connectivity index (χ1) is 11.1. The summed E-state index contributed by atoms with van der Waals surface area (Å²) < 4.78 is 1.48. The number of aromatic nitrogens is 2. The van der Waals surface area contributed by atoms with Gasteiger partial charge in [-0.05, 0) is 12.8 Å². The fourth-order valence-electron chi connectivity index (χ4n) is 2.61. The molecule has 1 fully saturated rings. The minimum atomic E-state index is -0.946. The van der Waals surface area contributed by atoms with Crippen LogP contribution in [0.3, 0.4) is 0 Å². The number of amides is 1. The van der Waals surface area contributed by atoms with Gasteiger partial charge in [-0.3, -0.25) is 14.0 Å². The zero-order valence-corrected chi connectivity index (χ0v) is 13.8. The molecule has 0 aliphatic carbocycles. The number of hydrogen-bond donors (Lipinski definition) is 1. The van der Waals surface area contributed by atoms with Gasteiger partial charge in [-0.15, -0.1) is 23.1 Å². The Kier molecular flexibility index (Phi) is 4.67. The molecule has 2 aromatic rings. The van der Waals surface area contributed by atoms with Gasteiger partial charge in [0.05, 0.1) is 11.4 Å². The first-order valence-corrected chi connectivity index (χ1v) is 9.15. The molecule has 1 saturated heterocycles. The number of carboxylic acid groups (broad SMARTS) is 1. The van der Waals surface area contributed by atoms with Crippen LogP contribution in [0.25, 0.3) is 4.96 Å². The largest absolute Gasteiger partial charge is 0.480 e. The van der Waals surface area contributed by atoms with Crippen molar-refractivity contribution in [1.82, 2.24) is 14.3 Å². The number of carbonyl (C=O) groups excluding carboxylic acids is 1. The van der Waals surface area contributed by atoms with Crippen LogP contribution in [-0.2, 0) is 15.3 Å². The van der Waals surface area contributed by atoms with Gasteiger partial charge in [-0.25, -0.2) is 9.78 Å². The first kappa shape index (κ1) is 16.0. The van der Waals surface area contributed by atoms with Gasteiger partial charge >= 0.3 is 5.97 Å². The fraction of sp³-hybridized carbons (Fsp3) is 0.429. The quantitative estimate of drug-likeness (QED) is 0.864. The van der Waals surface area contributed by atoms with Crippen LogP contribution < -0.4 is 5.56 Å². The number of carbonyl (C=O) groups is 2. The second kappa shape index (κ2) is 6.71. The Hall–Kier alpha value is -1.87. The number of likely N-dealkylation sites (tertiary alicyclic amines) is 1. The van der Waals surface area contributed by atoms with E-state index in [-0.39, 0.29) is 17.2 Å². The summed E-state index contributed by atoms with van der Waals surface area (Å²) >= 11 is 2.73. The highest BCUT2D eigenvalue weighted by molar-refractivity contribution is 7.99. The number of fused-ring (bicyclic) bond motifs is 1. The van der Waals surface area contributed by atoms with Crippen molar-refractivity contribution in [2.45, 2.75) is 24.6 Å². The fourth-order valence-corrected chi connectivity index (χ4v) is 4.15. The maximum absolute atomic E-state index is 12.1. The van der Waals surface area contributed by atoms with Crippen LogP contribution in [-0.4, -0.2) is 49.6 Å². The summed E-state index contributed by atoms with van der Waals surface area (Å²) in [7, 11) is 0. The van der Waals surface area contributed by atoms with E-state index < -0.39 is 12.0 Å². The predicted octanol–water partition coefficient (Wildman–Crippen LogP) is 1.06. The average molecular weight is 353 g/mol. The third-order valence-electron chi connectivity index (χ3n) is 3.69. The Morgan fingerprint density at radius 3 is 3.09 bits per heavy atom. The van der Waals surface area contributed by atoms with Crippen LogP contribution in [0, 0.1) is 0 Å². The van der Waals surface area contributed by atoms with Crippen molar-refractivity contribution in [2.75, 3.05) is 12.3 Å². The monoisotopic (exact) mass is 353 g/mol. The van der Waals surface area contributed by atoms with E-state index in [1.807, 2.05) is 0 Å². The zero-order chi connectivity index (χ0) is 16.4. The minimum Gasteiger partial charge on any atom is -0.480 e. The maximum atomic E-state index is 12.1. The van der Waals surface area contributed by atoms with E-state index in [0.29, 0.717) is 29.4 Å². The highest BCUT2D eigenvalue weighted by Gasteiger charge is 2.33. The van der Waals surface area contributed by atoms with E-state index >= 15 is 0 Å². The van der Waals surface area contributed by atoms with Gasteiger partial charge in [-0.1, -0.05) is 0 Å². The van der Waals surface area contributed by atoms with Crippen LogP contribution in [0.1, 0.15) is 18.5 Å². The summed E-state index contributed by atoms with van der Waals surface area (Å²) in [6.45, 7) is 0.497. The zero-order valence-electron chi connectivity index (χ0n) is 12.2. The lowest BCUT2D eigenvalue weighted by atomic mass is 10.2. The smallest absolute Gasteiger partial charge is 0.326 e. The van der Waals surface area contributed by atoms with Crippen LogP contribution in [0.2, 0.25) is 0 Å². The van der Waals surface area contributed by atoms with E-state index in [2.05, 4.69) is 4.98 Å². The molecule has 0 radical (unpaired) electrons. The maximum Gasteiger partial charge on any atom is 0.326 e. The molecule has 1 amide bonds. The molecule has 122 valence electrons. The topological polar surface area (TPSA) is 92.0 Å². The summed E-state index contributed by atoms with van der Waals surface area (Å²) in [5.74, 6) is -0.483. The highest BCUT2D eigenvalue weighted by atomic mass is 32.2. The second-order valence-electron chi connectivity index (χ2n) is 5.22. The first-order valence-electron chi connectivity index (χ1n) is 7.12. The van der Waals surface area contributed by atoms with Gasteiger partial charge in [0, 0.05) is 29.9 Å². The van der Waals surface area contributed by atoms with Crippen molar-refractivity contribution in [3.05, 3.63) is 33.7 Å². The molecule has 1 aliphatic heterocycles. The Morgan fingerprint density at radius 2 is 2.30 bits per heavy atom. The van der Waals surface area contributed by atoms with Crippen LogP contribution >= 0.6 is 23.1 Å². The number of rotatable bonds is 5. The molecule has 23 heavy (non-hydrogen) atoms. The molecule has 1 atom stereocenters. The van der Waals surface area contributed by atoms with E-state index in [4.69, 9.17) is 5.11 Å². The van der Waals surface area contributed by atoms with Crippen molar-refractivity contribution in [1.29, 1.82) is 0 Å². The van der Waals surface area contributed by atoms with Gasteiger partial charge in [-0.2, -0.15) is 0 Å². The Labute approximate surface area is 139 Å². The van der Waals surface area contributed by atoms with Gasteiger partial charge in [0.1, 0.15) is 6.04 Å². The SMILES string of the molecule is O=C(O)C1CCCN1C(=O)CSCc1cc(=O)n2ccsc2n1. The number of carboxylic acids is 1. The summed E-state index contributed by atoms with van der Waals surface area (Å²) in [6, 6.07) is 0.765. The van der Waals surface area contributed by atoms with Crippen molar-refractivity contribution >= 4 is 39.9 Å². The number of thiazole rings is 1. The number of hydrogen-bond acceptors (Lipinski definition) is 6. The van der Waals surface area contributed by atoms with Gasteiger partial charge in [0.25, 0.3) is 5.56 Å². The predicted molar refractivity (Wildman–Crippen MR) is 87.9 cm³/mol. The van der Waals surface area contributed by atoms with Gasteiger partial charge in [0.15, 0.2) is 4.96 Å². The van der Waals surface area contributed by atoms with Gasteiger partial charge in [0.2, 0.25) is 5.91 Å². The molecule has 0 aromatic carbocycles. The Morgan fingerprint density at radius 1 is 1.48 bits per heavy atom. The molecule has 0 spiro atoms. The second-order valence-corrected chi connectivity index (χ2v) is 7.08. The van der Waals surface area contributed by atoms with Crippen LogP contribution in [0.5, 0.6) is 0 Å². The number of thioether (sulfide) groups is 1. The Balaban J connectivity index is 1.59. The minimum absolute atomic E-state index is 0.135. The van der Waals surface area contributed by atoms with E-state index in [1.165, 1.54) is 38.5 Å². The molecule has 1 aliphatic rings. The molecule has 0 bridgehead atoms. The molecule has 3 rings (SSSR count). The molecule has 3 heterocycles. The summed E-state index contributed by atoms with van der Waals surface area (Å²) in [4.78, 5) is 41.5. The van der Waals surface area contributed by atoms with E-state index in [9.17, 15) is 14.4 Å². The lowest BCUT2D eigenvalue weighted by Crippen LogP contribution is -2.41. The molecule has 1 N–H and O–H groups in total. The average Bonchev–Trinajstić information content (AvgIpc) is 3.16. The summed E-state index contributed by atoms with van der Waals surface area (Å²) in [6.07, 6.45) is 2.91. The molecule has 2 aromatic heterocycles. The van der Waals surface area contributed by atoms with Crippen LogP contribution in [0.4, 0.5) is 0 Å². The summed E-state index contributed by atoms with van der Waals surface area (Å²) in [5.41, 5.74) is 0.495. The van der Waals surface area contributed by atoms with E-state index in [0.717, 1.165) is 6.42 Å². The van der Waals surface area contributed by atoms with Crippen LogP contribution in [0.15, 0.2) is 22.4 Å². The van der Waals surface area contributed by atoms with E-state index in [1.54, 1.807) is 11.6 Å². The lowest BCUT2D eigenvalue weighted by Gasteiger charge is -2.21. The summed E-state index contributed by atoms with van der Waals surface area (Å²) in [5, 5.41) is 10.9. The third kappa shape index (κ3) is 3.40. The molecule has 9 heteroatoms. The highest BCUT2D eigenvalue weighted by Crippen LogP contribution is 2.20. The third-order valence-corrected chi connectivity index (χ3v) is 5.40. The molecule has 0 saturated carbocycles. The van der Waals surface area contributed by atoms with Crippen molar-refractivity contribution in [3.63, 3.8) is 0 Å². The van der Waals surface area contributed by atoms with Crippen molar-refractivity contribution in [3.8, 4) is 0 Å². The van der Waals surface area contributed by atoms with Crippen molar-refractivity contribution < 1.29 is 14.7 Å². The molecular formula is C14H15N3O4S2. The number of nitrogens with zero attached hydrogens (tertiary/aromatic N) is 3. The van der Waals surface area contributed by atoms with Gasteiger partial charge < -0.3 is 10.0 Å². The lowest BCUT2D eigenvalue weighted by molar-refractivity contribution is -0.147. The Bertz CT molecular complexity index is 801. The normalized spacial score (nSPS) is 17.7.